The molecule has 1 saturated carbocycles. The van der Waals surface area contributed by atoms with Crippen molar-refractivity contribution < 1.29 is 18.1 Å². The summed E-state index contributed by atoms with van der Waals surface area (Å²) in [5, 5.41) is 10.6. The van der Waals surface area contributed by atoms with E-state index in [4.69, 9.17) is 10.5 Å². The van der Waals surface area contributed by atoms with E-state index in [9.17, 15) is 18.5 Å². The summed E-state index contributed by atoms with van der Waals surface area (Å²) in [6, 6.07) is 0.705. The van der Waals surface area contributed by atoms with Crippen LogP contribution in [0, 0.1) is 15.5 Å². The maximum atomic E-state index is 12.3. The van der Waals surface area contributed by atoms with Crippen molar-refractivity contribution >= 4 is 32.0 Å². The number of ether oxygens (including phenoxy) is 1. The number of methoxy groups -OCH3 is 1. The summed E-state index contributed by atoms with van der Waals surface area (Å²) in [5.41, 5.74) is 4.75. The van der Waals surface area contributed by atoms with E-state index in [1.807, 2.05) is 13.8 Å². The van der Waals surface area contributed by atoms with Crippen LogP contribution in [0.2, 0.25) is 0 Å². The normalized spacial score (nSPS) is 24.5. The number of anilines is 1. The van der Waals surface area contributed by atoms with Crippen molar-refractivity contribution in [1.82, 2.24) is 4.72 Å². The second-order valence-electron chi connectivity index (χ2n) is 5.53. The van der Waals surface area contributed by atoms with Gasteiger partial charge in [0, 0.05) is 24.6 Å². The third-order valence-electron chi connectivity index (χ3n) is 3.94. The third kappa shape index (κ3) is 2.76. The van der Waals surface area contributed by atoms with E-state index < -0.39 is 14.9 Å². The first kappa shape index (κ1) is 16.1. The van der Waals surface area contributed by atoms with Crippen LogP contribution in [0.15, 0.2) is 10.3 Å². The Kier molecular flexibility index (Phi) is 4.00. The number of nitrogens with one attached hydrogen (secondary N) is 1. The van der Waals surface area contributed by atoms with Crippen LogP contribution in [-0.4, -0.2) is 32.6 Å². The Labute approximate surface area is 126 Å². The second-order valence-corrected chi connectivity index (χ2v) is 8.55. The third-order valence-corrected chi connectivity index (χ3v) is 6.84. The first-order chi connectivity index (χ1) is 9.59. The lowest BCUT2D eigenvalue weighted by molar-refractivity contribution is -0.383. The monoisotopic (exact) mass is 335 g/mol. The van der Waals surface area contributed by atoms with Crippen LogP contribution in [0.3, 0.4) is 0 Å². The standard InChI is InChI=1S/C11H17N3O5S2/c1-11(2)7(5-8(11)19-3)13-21(17,18)9-4-6(14(15)16)10(12)20-9/h4,7-8,13H,5,12H2,1-3H3. The van der Waals surface area contributed by atoms with E-state index in [1.54, 1.807) is 7.11 Å². The van der Waals surface area contributed by atoms with Gasteiger partial charge in [0.2, 0.25) is 0 Å². The summed E-state index contributed by atoms with van der Waals surface area (Å²) in [7, 11) is -2.25. The van der Waals surface area contributed by atoms with Gasteiger partial charge in [-0.05, 0) is 6.42 Å². The fraction of sp³-hybridized carbons (Fsp3) is 0.636. The molecule has 1 heterocycles. The molecule has 1 aromatic rings. The number of nitro groups is 1. The lowest BCUT2D eigenvalue weighted by atomic mass is 9.65. The maximum absolute atomic E-state index is 12.3. The summed E-state index contributed by atoms with van der Waals surface area (Å²) >= 11 is 0.687. The van der Waals surface area contributed by atoms with Crippen LogP contribution in [0.4, 0.5) is 10.7 Å². The minimum atomic E-state index is -3.83. The molecule has 21 heavy (non-hydrogen) atoms. The van der Waals surface area contributed by atoms with Gasteiger partial charge in [-0.3, -0.25) is 10.1 Å². The van der Waals surface area contributed by atoms with Gasteiger partial charge in [-0.25, -0.2) is 13.1 Å². The van der Waals surface area contributed by atoms with E-state index in [-0.39, 0.29) is 32.5 Å². The van der Waals surface area contributed by atoms with Crippen molar-refractivity contribution in [1.29, 1.82) is 0 Å². The highest BCUT2D eigenvalue weighted by Gasteiger charge is 2.50. The van der Waals surface area contributed by atoms with Crippen LogP contribution in [0.1, 0.15) is 20.3 Å². The zero-order valence-electron chi connectivity index (χ0n) is 11.8. The van der Waals surface area contributed by atoms with Gasteiger partial charge in [-0.2, -0.15) is 0 Å². The van der Waals surface area contributed by atoms with Gasteiger partial charge in [0.1, 0.15) is 4.21 Å². The molecule has 1 aliphatic rings. The Morgan fingerprint density at radius 2 is 2.19 bits per heavy atom. The number of thiophene rings is 1. The number of hydrogen-bond donors (Lipinski definition) is 2. The first-order valence-electron chi connectivity index (χ1n) is 6.18. The highest BCUT2D eigenvalue weighted by Crippen LogP contribution is 2.43. The van der Waals surface area contributed by atoms with Crippen molar-refractivity contribution in [2.75, 3.05) is 12.8 Å². The molecule has 0 spiro atoms. The second kappa shape index (κ2) is 5.20. The molecule has 0 aliphatic heterocycles. The Morgan fingerprint density at radius 1 is 1.57 bits per heavy atom. The lowest BCUT2D eigenvalue weighted by Crippen LogP contribution is -2.61. The number of nitrogen functional groups attached to an aromatic ring is 1. The molecule has 2 rings (SSSR count). The maximum Gasteiger partial charge on any atom is 0.304 e. The van der Waals surface area contributed by atoms with Gasteiger partial charge in [-0.1, -0.05) is 25.2 Å². The van der Waals surface area contributed by atoms with Gasteiger partial charge < -0.3 is 10.5 Å². The summed E-state index contributed by atoms with van der Waals surface area (Å²) < 4.78 is 32.3. The lowest BCUT2D eigenvalue weighted by Gasteiger charge is -2.50. The summed E-state index contributed by atoms with van der Waals surface area (Å²) in [6.45, 7) is 3.81. The molecule has 118 valence electrons. The molecule has 2 unspecified atom stereocenters. The van der Waals surface area contributed by atoms with E-state index >= 15 is 0 Å². The number of nitrogens with zero attached hydrogens (tertiary/aromatic N) is 1. The van der Waals surface area contributed by atoms with E-state index in [0.717, 1.165) is 6.07 Å². The molecule has 3 N–H and O–H groups in total. The molecule has 1 aromatic heterocycles. The Bertz CT molecular complexity index is 667. The predicted molar refractivity (Wildman–Crippen MR) is 78.7 cm³/mol. The highest BCUT2D eigenvalue weighted by atomic mass is 32.2. The number of sulfonamides is 1. The Balaban J connectivity index is 2.21. The van der Waals surface area contributed by atoms with Crippen LogP contribution >= 0.6 is 11.3 Å². The van der Waals surface area contributed by atoms with Crippen LogP contribution < -0.4 is 10.5 Å². The zero-order chi connectivity index (χ0) is 16.0. The molecule has 8 nitrogen and oxygen atoms in total. The number of nitrogens with two attached hydrogens (primary N) is 1. The highest BCUT2D eigenvalue weighted by molar-refractivity contribution is 7.91. The van der Waals surface area contributed by atoms with Crippen LogP contribution in [-0.2, 0) is 14.8 Å². The Hall–Kier alpha value is -1.23. The van der Waals surface area contributed by atoms with Crippen LogP contribution in [0.25, 0.3) is 0 Å². The first-order valence-corrected chi connectivity index (χ1v) is 8.48. The average molecular weight is 335 g/mol. The fourth-order valence-electron chi connectivity index (χ4n) is 2.38. The summed E-state index contributed by atoms with van der Waals surface area (Å²) in [6.07, 6.45) is 0.541. The zero-order valence-corrected chi connectivity index (χ0v) is 13.5. The minimum Gasteiger partial charge on any atom is -0.385 e. The molecular weight excluding hydrogens is 318 g/mol. The topological polar surface area (TPSA) is 125 Å². The molecule has 0 aromatic carbocycles. The minimum absolute atomic E-state index is 0.0204. The smallest absolute Gasteiger partial charge is 0.304 e. The van der Waals surface area contributed by atoms with E-state index in [0.29, 0.717) is 17.8 Å². The van der Waals surface area contributed by atoms with Crippen molar-refractivity contribution in [2.24, 2.45) is 5.41 Å². The van der Waals surface area contributed by atoms with Crippen LogP contribution in [0.5, 0.6) is 0 Å². The summed E-state index contributed by atoms with van der Waals surface area (Å²) in [5.74, 6) is 0. The quantitative estimate of drug-likeness (QED) is 0.618. The molecule has 0 amide bonds. The molecule has 1 aliphatic carbocycles. The number of rotatable bonds is 5. The van der Waals surface area contributed by atoms with Crippen molar-refractivity contribution in [2.45, 2.75) is 36.6 Å². The molecule has 0 radical (unpaired) electrons. The number of hydrogen-bond acceptors (Lipinski definition) is 7. The van der Waals surface area contributed by atoms with Crippen molar-refractivity contribution in [3.63, 3.8) is 0 Å². The van der Waals surface area contributed by atoms with E-state index in [1.165, 1.54) is 0 Å². The van der Waals surface area contributed by atoms with Gasteiger partial charge in [0.05, 0.1) is 11.0 Å². The molecule has 1 fully saturated rings. The molecule has 0 bridgehead atoms. The fourth-order valence-corrected chi connectivity index (χ4v) is 5.01. The van der Waals surface area contributed by atoms with Gasteiger partial charge in [0.15, 0.2) is 5.00 Å². The molecule has 2 atom stereocenters. The average Bonchev–Trinajstić information content (AvgIpc) is 2.77. The molecule has 10 heteroatoms. The molecule has 0 saturated heterocycles. The van der Waals surface area contributed by atoms with E-state index in [2.05, 4.69) is 4.72 Å². The van der Waals surface area contributed by atoms with Gasteiger partial charge in [-0.15, -0.1) is 0 Å². The predicted octanol–water partition coefficient (Wildman–Crippen LogP) is 1.33. The van der Waals surface area contributed by atoms with Gasteiger partial charge in [0.25, 0.3) is 10.0 Å². The summed E-state index contributed by atoms with van der Waals surface area (Å²) in [4.78, 5) is 10.0. The largest absolute Gasteiger partial charge is 0.385 e. The van der Waals surface area contributed by atoms with Crippen molar-refractivity contribution in [3.8, 4) is 0 Å². The Morgan fingerprint density at radius 3 is 2.62 bits per heavy atom. The SMILES string of the molecule is COC1CC(NS(=O)(=O)c2cc([N+](=O)[O-])c(N)s2)C1(C)C. The van der Waals surface area contributed by atoms with Gasteiger partial charge >= 0.3 is 5.69 Å². The van der Waals surface area contributed by atoms with Crippen molar-refractivity contribution in [3.05, 3.63) is 16.2 Å². The molecular formula is C11H17N3O5S2.